The molecule has 0 aromatic heterocycles. The number of halogens is 1. The molecule has 2 aromatic carbocycles. The summed E-state index contributed by atoms with van der Waals surface area (Å²) in [6.07, 6.45) is 0. The minimum Gasteiger partial charge on any atom is -0.497 e. The minimum absolute atomic E-state index is 0.153. The molecular formula is C17H17ClN2O3. The lowest BCUT2D eigenvalue weighted by molar-refractivity contribution is -0.115. The number of rotatable bonds is 5. The van der Waals surface area contributed by atoms with Crippen LogP contribution in [0.5, 0.6) is 5.75 Å². The first-order valence-corrected chi connectivity index (χ1v) is 7.35. The molecule has 0 radical (unpaired) electrons. The number of methoxy groups -OCH3 is 1. The molecule has 0 atom stereocenters. The number of carbonyl (C=O) groups excluding carboxylic acids is 2. The lowest BCUT2D eigenvalue weighted by Gasteiger charge is -2.09. The van der Waals surface area contributed by atoms with E-state index in [4.69, 9.17) is 16.3 Å². The van der Waals surface area contributed by atoms with Gasteiger partial charge in [-0.3, -0.25) is 9.59 Å². The molecule has 0 aliphatic carbocycles. The topological polar surface area (TPSA) is 67.4 Å². The van der Waals surface area contributed by atoms with E-state index in [1.165, 1.54) is 7.11 Å². The molecule has 0 saturated carbocycles. The van der Waals surface area contributed by atoms with Gasteiger partial charge in [-0.15, -0.1) is 0 Å². The Morgan fingerprint density at radius 3 is 2.65 bits per heavy atom. The Labute approximate surface area is 139 Å². The summed E-state index contributed by atoms with van der Waals surface area (Å²) in [7, 11) is 1.52. The second kappa shape index (κ2) is 7.65. The van der Waals surface area contributed by atoms with Gasteiger partial charge < -0.3 is 15.4 Å². The van der Waals surface area contributed by atoms with Gasteiger partial charge in [0.1, 0.15) is 5.75 Å². The van der Waals surface area contributed by atoms with E-state index in [-0.39, 0.29) is 18.4 Å². The lowest BCUT2D eigenvalue weighted by Crippen LogP contribution is -2.32. The van der Waals surface area contributed by atoms with Crippen LogP contribution in [0.2, 0.25) is 5.02 Å². The summed E-state index contributed by atoms with van der Waals surface area (Å²) in [5.41, 5.74) is 1.93. The molecule has 0 aliphatic rings. The van der Waals surface area contributed by atoms with E-state index in [1.54, 1.807) is 36.4 Å². The third kappa shape index (κ3) is 4.72. The van der Waals surface area contributed by atoms with Gasteiger partial charge in [-0.1, -0.05) is 23.7 Å². The average molecular weight is 333 g/mol. The zero-order valence-electron chi connectivity index (χ0n) is 12.9. The van der Waals surface area contributed by atoms with E-state index in [1.807, 2.05) is 13.0 Å². The number of anilines is 1. The van der Waals surface area contributed by atoms with Gasteiger partial charge in [0.05, 0.1) is 24.4 Å². The number of hydrogen-bond acceptors (Lipinski definition) is 3. The summed E-state index contributed by atoms with van der Waals surface area (Å²) in [6.45, 7) is 1.76. The molecule has 2 aromatic rings. The molecule has 23 heavy (non-hydrogen) atoms. The molecule has 0 fully saturated rings. The minimum atomic E-state index is -0.355. The maximum absolute atomic E-state index is 12.0. The van der Waals surface area contributed by atoms with Crippen molar-refractivity contribution < 1.29 is 14.3 Å². The molecule has 6 heteroatoms. The Hall–Kier alpha value is -2.53. The highest BCUT2D eigenvalue weighted by Crippen LogP contribution is 2.22. The van der Waals surface area contributed by atoms with E-state index < -0.39 is 0 Å². The van der Waals surface area contributed by atoms with Crippen LogP contribution in [-0.4, -0.2) is 25.5 Å². The summed E-state index contributed by atoms with van der Waals surface area (Å²) in [4.78, 5) is 23.9. The van der Waals surface area contributed by atoms with Gasteiger partial charge in [-0.2, -0.15) is 0 Å². The van der Waals surface area contributed by atoms with Crippen molar-refractivity contribution in [3.63, 3.8) is 0 Å². The van der Waals surface area contributed by atoms with Crippen molar-refractivity contribution in [3.05, 3.63) is 58.6 Å². The van der Waals surface area contributed by atoms with Gasteiger partial charge in [0.25, 0.3) is 5.91 Å². The molecule has 0 bridgehead atoms. The standard InChI is InChI=1S/C17H17ClN2O3/c1-11-6-7-15(14(18)8-11)20-16(21)10-19-17(22)12-4-3-5-13(9-12)23-2/h3-9H,10H2,1-2H3,(H,19,22)(H,20,21). The smallest absolute Gasteiger partial charge is 0.251 e. The van der Waals surface area contributed by atoms with Crippen molar-refractivity contribution in [1.82, 2.24) is 5.32 Å². The van der Waals surface area contributed by atoms with Crippen LogP contribution in [0.15, 0.2) is 42.5 Å². The van der Waals surface area contributed by atoms with Gasteiger partial charge in [-0.25, -0.2) is 0 Å². The molecule has 2 N–H and O–H groups in total. The Morgan fingerprint density at radius 1 is 1.17 bits per heavy atom. The van der Waals surface area contributed by atoms with Crippen LogP contribution in [-0.2, 0) is 4.79 Å². The molecule has 0 unspecified atom stereocenters. The molecule has 0 aliphatic heterocycles. The van der Waals surface area contributed by atoms with E-state index in [0.29, 0.717) is 22.0 Å². The van der Waals surface area contributed by atoms with Crippen molar-refractivity contribution in [3.8, 4) is 5.75 Å². The summed E-state index contributed by atoms with van der Waals surface area (Å²) in [5, 5.41) is 5.66. The number of aryl methyl sites for hydroxylation is 1. The highest BCUT2D eigenvalue weighted by atomic mass is 35.5. The van der Waals surface area contributed by atoms with Crippen LogP contribution in [0, 0.1) is 6.92 Å². The van der Waals surface area contributed by atoms with Crippen LogP contribution < -0.4 is 15.4 Å². The number of benzene rings is 2. The van der Waals surface area contributed by atoms with E-state index in [0.717, 1.165) is 5.56 Å². The number of carbonyl (C=O) groups is 2. The Kier molecular flexibility index (Phi) is 5.60. The van der Waals surface area contributed by atoms with Gasteiger partial charge in [-0.05, 0) is 42.8 Å². The predicted octanol–water partition coefficient (Wildman–Crippen LogP) is 3.03. The summed E-state index contributed by atoms with van der Waals surface area (Å²) in [5.74, 6) is -0.130. The van der Waals surface area contributed by atoms with Crippen LogP contribution >= 0.6 is 11.6 Å². The van der Waals surface area contributed by atoms with E-state index in [9.17, 15) is 9.59 Å². The first-order valence-electron chi connectivity index (χ1n) is 6.98. The van der Waals surface area contributed by atoms with E-state index >= 15 is 0 Å². The number of nitrogens with one attached hydrogen (secondary N) is 2. The van der Waals surface area contributed by atoms with Gasteiger partial charge in [0.15, 0.2) is 0 Å². The summed E-state index contributed by atoms with van der Waals surface area (Å²) >= 11 is 6.05. The molecule has 0 saturated heterocycles. The maximum Gasteiger partial charge on any atom is 0.251 e. The van der Waals surface area contributed by atoms with Crippen molar-refractivity contribution in [2.24, 2.45) is 0 Å². The van der Waals surface area contributed by atoms with Crippen LogP contribution in [0.4, 0.5) is 5.69 Å². The number of ether oxygens (including phenoxy) is 1. The number of hydrogen-bond donors (Lipinski definition) is 2. The zero-order chi connectivity index (χ0) is 16.8. The Balaban J connectivity index is 1.92. The van der Waals surface area contributed by atoms with Crippen LogP contribution in [0.1, 0.15) is 15.9 Å². The molecule has 0 spiro atoms. The molecular weight excluding hydrogens is 316 g/mol. The fraction of sp³-hybridized carbons (Fsp3) is 0.176. The maximum atomic E-state index is 12.0. The fourth-order valence-corrected chi connectivity index (χ4v) is 2.23. The predicted molar refractivity (Wildman–Crippen MR) is 90.1 cm³/mol. The van der Waals surface area contributed by atoms with Gasteiger partial charge >= 0.3 is 0 Å². The third-order valence-electron chi connectivity index (χ3n) is 3.14. The van der Waals surface area contributed by atoms with Crippen molar-refractivity contribution in [2.75, 3.05) is 19.0 Å². The molecule has 2 rings (SSSR count). The van der Waals surface area contributed by atoms with Gasteiger partial charge in [0.2, 0.25) is 5.91 Å². The van der Waals surface area contributed by atoms with Gasteiger partial charge in [0, 0.05) is 5.56 Å². The summed E-state index contributed by atoms with van der Waals surface area (Å²) < 4.78 is 5.06. The van der Waals surface area contributed by atoms with Crippen molar-refractivity contribution in [1.29, 1.82) is 0 Å². The van der Waals surface area contributed by atoms with E-state index in [2.05, 4.69) is 10.6 Å². The first-order chi connectivity index (χ1) is 11.0. The molecule has 2 amide bonds. The largest absolute Gasteiger partial charge is 0.497 e. The lowest BCUT2D eigenvalue weighted by atomic mass is 10.2. The van der Waals surface area contributed by atoms with Crippen LogP contribution in [0.3, 0.4) is 0 Å². The number of amides is 2. The van der Waals surface area contributed by atoms with Crippen molar-refractivity contribution >= 4 is 29.1 Å². The highest BCUT2D eigenvalue weighted by Gasteiger charge is 2.10. The Bertz CT molecular complexity index is 732. The second-order valence-corrected chi connectivity index (χ2v) is 5.35. The molecule has 120 valence electrons. The van der Waals surface area contributed by atoms with Crippen molar-refractivity contribution in [2.45, 2.75) is 6.92 Å². The zero-order valence-corrected chi connectivity index (χ0v) is 13.6. The molecule has 5 nitrogen and oxygen atoms in total. The molecule has 0 heterocycles. The SMILES string of the molecule is COc1cccc(C(=O)NCC(=O)Nc2ccc(C)cc2Cl)c1. The fourth-order valence-electron chi connectivity index (χ4n) is 1.94. The monoisotopic (exact) mass is 332 g/mol. The highest BCUT2D eigenvalue weighted by molar-refractivity contribution is 6.33. The third-order valence-corrected chi connectivity index (χ3v) is 3.45. The average Bonchev–Trinajstić information content (AvgIpc) is 2.55. The summed E-state index contributed by atoms with van der Waals surface area (Å²) in [6, 6.07) is 12.0. The second-order valence-electron chi connectivity index (χ2n) is 4.95. The Morgan fingerprint density at radius 2 is 1.96 bits per heavy atom. The normalized spacial score (nSPS) is 10.0. The van der Waals surface area contributed by atoms with Crippen LogP contribution in [0.25, 0.3) is 0 Å². The first kappa shape index (κ1) is 16.8. The quantitative estimate of drug-likeness (QED) is 0.884.